The van der Waals surface area contributed by atoms with Gasteiger partial charge in [-0.1, -0.05) is 5.16 Å². The zero-order valence-corrected chi connectivity index (χ0v) is 8.50. The molecule has 0 fully saturated rings. The minimum atomic E-state index is -0.306. The van der Waals surface area contributed by atoms with Crippen LogP contribution in [0.25, 0.3) is 0 Å². The second kappa shape index (κ2) is 4.31. The molecule has 1 aromatic carbocycles. The van der Waals surface area contributed by atoms with Crippen LogP contribution in [0.15, 0.2) is 34.0 Å². The van der Waals surface area contributed by atoms with Crippen molar-refractivity contribution in [1.29, 1.82) is 0 Å². The van der Waals surface area contributed by atoms with Crippen molar-refractivity contribution in [2.45, 2.75) is 10.6 Å². The summed E-state index contributed by atoms with van der Waals surface area (Å²) in [5.41, 5.74) is 6.22. The first-order valence-electron chi connectivity index (χ1n) is 4.19. The van der Waals surface area contributed by atoms with Crippen LogP contribution >= 0.6 is 11.8 Å². The number of hydrogen-bond donors (Lipinski definition) is 1. The van der Waals surface area contributed by atoms with Gasteiger partial charge in [-0.15, -0.1) is 11.8 Å². The molecule has 0 aliphatic heterocycles. The van der Waals surface area contributed by atoms with Gasteiger partial charge in [0, 0.05) is 10.6 Å². The normalized spacial score (nSPS) is 10.5. The molecule has 2 N–H and O–H groups in total. The highest BCUT2D eigenvalue weighted by Crippen LogP contribution is 2.27. The van der Waals surface area contributed by atoms with E-state index in [4.69, 9.17) is 5.73 Å². The van der Waals surface area contributed by atoms with Crippen LogP contribution in [0.2, 0.25) is 0 Å². The average Bonchev–Trinajstić information content (AvgIpc) is 2.72. The van der Waals surface area contributed by atoms with Gasteiger partial charge in [0.2, 0.25) is 6.39 Å². The molecule has 0 amide bonds. The summed E-state index contributed by atoms with van der Waals surface area (Å²) in [6.07, 6.45) is 1.25. The van der Waals surface area contributed by atoms with Gasteiger partial charge in [0.1, 0.15) is 5.82 Å². The standard InChI is InChI=1S/C9H8FN3OS/c10-6-1-2-7(11)8(3-6)15-4-9-12-5-14-13-9/h1-3,5H,4,11H2. The van der Waals surface area contributed by atoms with E-state index in [-0.39, 0.29) is 5.82 Å². The predicted molar refractivity (Wildman–Crippen MR) is 54.7 cm³/mol. The summed E-state index contributed by atoms with van der Waals surface area (Å²) in [5, 5.41) is 3.64. The van der Waals surface area contributed by atoms with Crippen LogP contribution in [0.3, 0.4) is 0 Å². The molecule has 15 heavy (non-hydrogen) atoms. The van der Waals surface area contributed by atoms with Gasteiger partial charge in [-0.05, 0) is 18.2 Å². The van der Waals surface area contributed by atoms with Crippen molar-refractivity contribution in [1.82, 2.24) is 10.1 Å². The van der Waals surface area contributed by atoms with Crippen molar-refractivity contribution in [3.05, 3.63) is 36.2 Å². The highest BCUT2D eigenvalue weighted by molar-refractivity contribution is 7.98. The Labute approximate surface area is 89.7 Å². The largest absolute Gasteiger partial charge is 0.398 e. The number of aromatic nitrogens is 2. The maximum absolute atomic E-state index is 12.9. The van der Waals surface area contributed by atoms with Crippen molar-refractivity contribution >= 4 is 17.4 Å². The fourth-order valence-electron chi connectivity index (χ4n) is 1.03. The topological polar surface area (TPSA) is 64.9 Å². The van der Waals surface area contributed by atoms with Gasteiger partial charge in [0.25, 0.3) is 0 Å². The molecule has 0 aliphatic rings. The van der Waals surface area contributed by atoms with Crippen molar-refractivity contribution in [2.24, 2.45) is 0 Å². The van der Waals surface area contributed by atoms with Crippen LogP contribution in [0.4, 0.5) is 10.1 Å². The lowest BCUT2D eigenvalue weighted by atomic mass is 10.3. The predicted octanol–water partition coefficient (Wildman–Crippen LogP) is 2.08. The molecule has 2 rings (SSSR count). The SMILES string of the molecule is Nc1ccc(F)cc1SCc1ncon1. The molecule has 1 heterocycles. The second-order valence-corrected chi connectivity index (χ2v) is 3.84. The van der Waals surface area contributed by atoms with Gasteiger partial charge < -0.3 is 10.3 Å². The third kappa shape index (κ3) is 2.47. The van der Waals surface area contributed by atoms with Crippen LogP contribution in [0.1, 0.15) is 5.82 Å². The molecule has 0 bridgehead atoms. The van der Waals surface area contributed by atoms with Gasteiger partial charge in [-0.25, -0.2) is 4.39 Å². The van der Waals surface area contributed by atoms with E-state index < -0.39 is 0 Å². The maximum atomic E-state index is 12.9. The lowest BCUT2D eigenvalue weighted by Gasteiger charge is -2.02. The Morgan fingerprint density at radius 1 is 1.47 bits per heavy atom. The van der Waals surface area contributed by atoms with Gasteiger partial charge in [-0.3, -0.25) is 0 Å². The van der Waals surface area contributed by atoms with Crippen LogP contribution in [-0.4, -0.2) is 10.1 Å². The van der Waals surface area contributed by atoms with Crippen molar-refractivity contribution in [3.8, 4) is 0 Å². The van der Waals surface area contributed by atoms with E-state index in [1.807, 2.05) is 0 Å². The minimum absolute atomic E-state index is 0.306. The van der Waals surface area contributed by atoms with Crippen LogP contribution in [0.5, 0.6) is 0 Å². The number of thioether (sulfide) groups is 1. The lowest BCUT2D eigenvalue weighted by Crippen LogP contribution is -1.90. The molecule has 6 heteroatoms. The van der Waals surface area contributed by atoms with Gasteiger partial charge >= 0.3 is 0 Å². The van der Waals surface area contributed by atoms with Gasteiger partial charge in [0.05, 0.1) is 5.75 Å². The summed E-state index contributed by atoms with van der Waals surface area (Å²) in [7, 11) is 0. The quantitative estimate of drug-likeness (QED) is 0.640. The summed E-state index contributed by atoms with van der Waals surface area (Å²) >= 11 is 1.37. The van der Waals surface area contributed by atoms with Crippen molar-refractivity contribution in [2.75, 3.05) is 5.73 Å². The van der Waals surface area contributed by atoms with Crippen molar-refractivity contribution in [3.63, 3.8) is 0 Å². The van der Waals surface area contributed by atoms with Crippen molar-refractivity contribution < 1.29 is 8.91 Å². The Morgan fingerprint density at radius 3 is 3.07 bits per heavy atom. The van der Waals surface area contributed by atoms with E-state index in [0.717, 1.165) is 0 Å². The summed E-state index contributed by atoms with van der Waals surface area (Å²) in [4.78, 5) is 4.53. The Morgan fingerprint density at radius 2 is 2.33 bits per heavy atom. The zero-order valence-electron chi connectivity index (χ0n) is 7.68. The first-order valence-corrected chi connectivity index (χ1v) is 5.17. The molecule has 0 unspecified atom stereocenters. The third-order valence-electron chi connectivity index (χ3n) is 1.74. The first-order chi connectivity index (χ1) is 7.25. The lowest BCUT2D eigenvalue weighted by molar-refractivity contribution is 0.412. The van der Waals surface area contributed by atoms with E-state index in [2.05, 4.69) is 14.7 Å². The Balaban J connectivity index is 2.07. The van der Waals surface area contributed by atoms with Gasteiger partial charge in [0.15, 0.2) is 5.82 Å². The molecule has 0 spiro atoms. The maximum Gasteiger partial charge on any atom is 0.213 e. The second-order valence-electron chi connectivity index (χ2n) is 2.82. The Hall–Kier alpha value is -1.56. The van der Waals surface area contributed by atoms with E-state index >= 15 is 0 Å². The number of nitrogen functional groups attached to an aromatic ring is 1. The zero-order chi connectivity index (χ0) is 10.7. The highest BCUT2D eigenvalue weighted by atomic mass is 32.2. The average molecular weight is 225 g/mol. The van der Waals surface area contributed by atoms with E-state index in [1.54, 1.807) is 0 Å². The van der Waals surface area contributed by atoms with E-state index in [0.29, 0.717) is 22.2 Å². The number of nitrogens with zero attached hydrogens (tertiary/aromatic N) is 2. The summed E-state index contributed by atoms with van der Waals surface area (Å²) in [6.45, 7) is 0. The first kappa shape index (κ1) is 9.97. The molecule has 0 saturated heterocycles. The molecule has 0 aliphatic carbocycles. The third-order valence-corrected chi connectivity index (χ3v) is 2.81. The van der Waals surface area contributed by atoms with Gasteiger partial charge in [-0.2, -0.15) is 4.98 Å². The number of hydrogen-bond acceptors (Lipinski definition) is 5. The van der Waals surface area contributed by atoms with E-state index in [1.165, 1.54) is 36.4 Å². The molecule has 4 nitrogen and oxygen atoms in total. The van der Waals surface area contributed by atoms with Crippen LogP contribution in [-0.2, 0) is 5.75 Å². The fraction of sp³-hybridized carbons (Fsp3) is 0.111. The van der Waals surface area contributed by atoms with Crippen LogP contribution < -0.4 is 5.73 Å². The Bertz CT molecular complexity index is 447. The number of nitrogens with two attached hydrogens (primary N) is 1. The monoisotopic (exact) mass is 225 g/mol. The summed E-state index contributed by atoms with van der Waals surface area (Å²) in [5.74, 6) is 0.757. The fourth-order valence-corrected chi connectivity index (χ4v) is 1.87. The molecule has 2 aromatic rings. The minimum Gasteiger partial charge on any atom is -0.398 e. The smallest absolute Gasteiger partial charge is 0.213 e. The molecule has 78 valence electrons. The highest BCUT2D eigenvalue weighted by Gasteiger charge is 2.04. The molecular formula is C9H8FN3OS. The Kier molecular flexibility index (Phi) is 2.86. The summed E-state index contributed by atoms with van der Waals surface area (Å²) < 4.78 is 17.5. The number of anilines is 1. The summed E-state index contributed by atoms with van der Waals surface area (Å²) in [6, 6.07) is 4.25. The number of rotatable bonds is 3. The van der Waals surface area contributed by atoms with Crippen LogP contribution in [0, 0.1) is 5.82 Å². The number of halogens is 1. The molecule has 0 radical (unpaired) electrons. The molecule has 1 aromatic heterocycles. The molecule has 0 atom stereocenters. The van der Waals surface area contributed by atoms with E-state index in [9.17, 15) is 4.39 Å². The number of benzene rings is 1. The molecular weight excluding hydrogens is 217 g/mol. The molecule has 0 saturated carbocycles.